The molecule has 1 amide bonds. The molecule has 0 unspecified atom stereocenters. The van der Waals surface area contributed by atoms with Crippen LogP contribution in [-0.2, 0) is 0 Å². The smallest absolute Gasteiger partial charge is 0.266 e. The molecule has 0 radical (unpaired) electrons. The first-order valence-corrected chi connectivity index (χ1v) is 9.62. The molecule has 0 aliphatic carbocycles. The molecule has 0 bridgehead atoms. The van der Waals surface area contributed by atoms with E-state index in [2.05, 4.69) is 15.1 Å². The number of rotatable bonds is 4. The average molecular weight is 384 g/mol. The number of aryl methyl sites for hydroxylation is 2. The van der Waals surface area contributed by atoms with Crippen molar-refractivity contribution in [1.29, 1.82) is 0 Å². The Kier molecular flexibility index (Phi) is 4.65. The molecule has 1 aromatic carbocycles. The molecule has 2 aromatic heterocycles. The summed E-state index contributed by atoms with van der Waals surface area (Å²) in [5.41, 5.74) is 1.54. The van der Waals surface area contributed by atoms with Crippen molar-refractivity contribution in [2.75, 3.05) is 13.7 Å². The van der Waals surface area contributed by atoms with Crippen molar-refractivity contribution < 1.29 is 14.1 Å². The second-order valence-corrected chi connectivity index (χ2v) is 7.66. The van der Waals surface area contributed by atoms with Crippen LogP contribution in [0.2, 0.25) is 0 Å². The molecule has 1 atom stereocenters. The molecule has 1 saturated heterocycles. The zero-order valence-electron chi connectivity index (χ0n) is 15.4. The highest BCUT2D eigenvalue weighted by molar-refractivity contribution is 7.13. The largest absolute Gasteiger partial charge is 0.496 e. The van der Waals surface area contributed by atoms with Crippen LogP contribution in [0, 0.1) is 13.8 Å². The van der Waals surface area contributed by atoms with E-state index in [0.29, 0.717) is 28.9 Å². The van der Waals surface area contributed by atoms with Gasteiger partial charge in [-0.05, 0) is 38.8 Å². The van der Waals surface area contributed by atoms with Gasteiger partial charge in [0.25, 0.3) is 5.91 Å². The van der Waals surface area contributed by atoms with E-state index in [1.807, 2.05) is 43.0 Å². The van der Waals surface area contributed by atoms with Crippen LogP contribution in [0.25, 0.3) is 11.4 Å². The van der Waals surface area contributed by atoms with Crippen LogP contribution in [-0.4, -0.2) is 39.6 Å². The van der Waals surface area contributed by atoms with E-state index >= 15 is 0 Å². The number of nitrogens with zero attached hydrogens (tertiary/aromatic N) is 4. The minimum Gasteiger partial charge on any atom is -0.496 e. The van der Waals surface area contributed by atoms with Gasteiger partial charge in [-0.15, -0.1) is 11.3 Å². The van der Waals surface area contributed by atoms with Crippen molar-refractivity contribution >= 4 is 17.2 Å². The fourth-order valence-corrected chi connectivity index (χ4v) is 4.31. The summed E-state index contributed by atoms with van der Waals surface area (Å²) >= 11 is 1.43. The van der Waals surface area contributed by atoms with Crippen LogP contribution in [0.5, 0.6) is 5.75 Å². The van der Waals surface area contributed by atoms with Crippen LogP contribution < -0.4 is 4.74 Å². The van der Waals surface area contributed by atoms with Gasteiger partial charge >= 0.3 is 0 Å². The molecule has 27 heavy (non-hydrogen) atoms. The third kappa shape index (κ3) is 3.21. The molecule has 7 nitrogen and oxygen atoms in total. The molecule has 1 aliphatic rings. The number of methoxy groups -OCH3 is 1. The van der Waals surface area contributed by atoms with Gasteiger partial charge in [-0.2, -0.15) is 4.98 Å². The molecule has 1 aliphatic heterocycles. The van der Waals surface area contributed by atoms with Gasteiger partial charge in [0.2, 0.25) is 11.7 Å². The Bertz CT molecular complexity index is 981. The summed E-state index contributed by atoms with van der Waals surface area (Å²) in [7, 11) is 1.61. The van der Waals surface area contributed by atoms with Crippen molar-refractivity contribution in [2.24, 2.45) is 0 Å². The lowest BCUT2D eigenvalue weighted by molar-refractivity contribution is 0.0714. The maximum Gasteiger partial charge on any atom is 0.266 e. The monoisotopic (exact) mass is 384 g/mol. The minimum absolute atomic E-state index is 0.0161. The molecule has 140 valence electrons. The quantitative estimate of drug-likeness (QED) is 0.681. The predicted octanol–water partition coefficient (Wildman–Crippen LogP) is 3.80. The number of aromatic nitrogens is 3. The first-order chi connectivity index (χ1) is 13.1. The third-order valence-corrected chi connectivity index (χ3v) is 5.75. The van der Waals surface area contributed by atoms with E-state index in [0.717, 1.165) is 29.1 Å². The molecular formula is C19H20N4O3S. The van der Waals surface area contributed by atoms with E-state index in [-0.39, 0.29) is 11.9 Å². The second kappa shape index (κ2) is 7.11. The lowest BCUT2D eigenvalue weighted by Gasteiger charge is -2.21. The third-order valence-electron chi connectivity index (χ3n) is 4.69. The number of likely N-dealkylation sites (tertiary alicyclic amines) is 1. The summed E-state index contributed by atoms with van der Waals surface area (Å²) in [5.74, 6) is 1.59. The van der Waals surface area contributed by atoms with Crippen molar-refractivity contribution in [3.8, 4) is 17.1 Å². The molecule has 3 aromatic rings. The van der Waals surface area contributed by atoms with Gasteiger partial charge in [0.15, 0.2) is 0 Å². The van der Waals surface area contributed by atoms with Gasteiger partial charge < -0.3 is 14.2 Å². The summed E-state index contributed by atoms with van der Waals surface area (Å²) in [6.45, 7) is 4.45. The highest BCUT2D eigenvalue weighted by Crippen LogP contribution is 2.35. The number of ether oxygens (including phenoxy) is 1. The number of carbonyl (C=O) groups is 1. The highest BCUT2D eigenvalue weighted by atomic mass is 32.1. The topological polar surface area (TPSA) is 81.4 Å². The first kappa shape index (κ1) is 17.7. The summed E-state index contributed by atoms with van der Waals surface area (Å²) < 4.78 is 10.9. The van der Waals surface area contributed by atoms with Gasteiger partial charge in [-0.25, -0.2) is 4.98 Å². The molecule has 1 fully saturated rings. The summed E-state index contributed by atoms with van der Waals surface area (Å²) in [4.78, 5) is 24.5. The summed E-state index contributed by atoms with van der Waals surface area (Å²) in [6.07, 6.45) is 1.70. The number of benzene rings is 1. The summed E-state index contributed by atoms with van der Waals surface area (Å²) in [6, 6.07) is 7.31. The first-order valence-electron chi connectivity index (χ1n) is 8.80. The number of hydrogen-bond donors (Lipinski definition) is 0. The van der Waals surface area contributed by atoms with E-state index in [1.165, 1.54) is 11.3 Å². The zero-order chi connectivity index (χ0) is 19.0. The predicted molar refractivity (Wildman–Crippen MR) is 101 cm³/mol. The molecule has 0 N–H and O–H groups in total. The van der Waals surface area contributed by atoms with E-state index in [9.17, 15) is 4.79 Å². The second-order valence-electron chi connectivity index (χ2n) is 6.46. The number of hydrogen-bond acceptors (Lipinski definition) is 7. The number of amides is 1. The zero-order valence-corrected chi connectivity index (χ0v) is 16.2. The Balaban J connectivity index is 1.62. The van der Waals surface area contributed by atoms with E-state index < -0.39 is 0 Å². The standard InChI is InChI=1S/C19H20N4O3S/c1-11-16(27-12(2)20-11)19(24)23-10-6-8-14(23)18-21-17(22-26-18)13-7-4-5-9-15(13)25-3/h4-5,7,9,14H,6,8,10H2,1-3H3/t14-/m0/s1. The van der Waals surface area contributed by atoms with Gasteiger partial charge in [-0.3, -0.25) is 4.79 Å². The highest BCUT2D eigenvalue weighted by Gasteiger charge is 2.36. The van der Waals surface area contributed by atoms with E-state index in [1.54, 1.807) is 7.11 Å². The van der Waals surface area contributed by atoms with Crippen LogP contribution >= 0.6 is 11.3 Å². The lowest BCUT2D eigenvalue weighted by Crippen LogP contribution is -2.30. The normalized spacial score (nSPS) is 16.7. The fraction of sp³-hybridized carbons (Fsp3) is 0.368. The number of carbonyl (C=O) groups excluding carboxylic acids is 1. The van der Waals surface area contributed by atoms with Gasteiger partial charge in [-0.1, -0.05) is 17.3 Å². The van der Waals surface area contributed by atoms with Crippen molar-refractivity contribution in [2.45, 2.75) is 32.7 Å². The van der Waals surface area contributed by atoms with Crippen LogP contribution in [0.4, 0.5) is 0 Å². The fourth-order valence-electron chi connectivity index (χ4n) is 3.44. The molecule has 0 saturated carbocycles. The maximum atomic E-state index is 13.0. The lowest BCUT2D eigenvalue weighted by atomic mass is 10.2. The number of thiazole rings is 1. The average Bonchev–Trinajstić information content (AvgIpc) is 3.40. The molecule has 8 heteroatoms. The van der Waals surface area contributed by atoms with Crippen molar-refractivity contribution in [3.63, 3.8) is 0 Å². The van der Waals surface area contributed by atoms with Crippen LogP contribution in [0.3, 0.4) is 0 Å². The Morgan fingerprint density at radius 3 is 2.85 bits per heavy atom. The minimum atomic E-state index is -0.213. The van der Waals surface area contributed by atoms with Crippen molar-refractivity contribution in [1.82, 2.24) is 20.0 Å². The molecule has 4 rings (SSSR count). The Labute approximate surface area is 161 Å². The van der Waals surface area contributed by atoms with Crippen molar-refractivity contribution in [3.05, 3.63) is 45.7 Å². The Hall–Kier alpha value is -2.74. The number of para-hydroxylation sites is 1. The van der Waals surface area contributed by atoms with E-state index in [4.69, 9.17) is 9.26 Å². The Morgan fingerprint density at radius 2 is 2.11 bits per heavy atom. The SMILES string of the molecule is COc1ccccc1-c1noc([C@@H]2CCCN2C(=O)c2sc(C)nc2C)n1. The Morgan fingerprint density at radius 1 is 1.30 bits per heavy atom. The molecule has 3 heterocycles. The van der Waals surface area contributed by atoms with Gasteiger partial charge in [0, 0.05) is 6.54 Å². The molecular weight excluding hydrogens is 364 g/mol. The maximum absolute atomic E-state index is 13.0. The summed E-state index contributed by atoms with van der Waals surface area (Å²) in [5, 5.41) is 5.01. The van der Waals surface area contributed by atoms with Gasteiger partial charge in [0.1, 0.15) is 16.7 Å². The van der Waals surface area contributed by atoms with Gasteiger partial charge in [0.05, 0.1) is 23.4 Å². The van der Waals surface area contributed by atoms with Crippen LogP contribution in [0.1, 0.15) is 45.1 Å². The van der Waals surface area contributed by atoms with Crippen LogP contribution in [0.15, 0.2) is 28.8 Å². The molecule has 0 spiro atoms.